The zero-order chi connectivity index (χ0) is 13.8. The molecule has 0 amide bonds. The maximum atomic E-state index is 5.35. The number of hydrogen-bond acceptors (Lipinski definition) is 6. The highest BCUT2D eigenvalue weighted by Crippen LogP contribution is 2.15. The third-order valence-corrected chi connectivity index (χ3v) is 3.32. The lowest BCUT2D eigenvalue weighted by atomic mass is 10.3. The van der Waals surface area contributed by atoms with E-state index < -0.39 is 0 Å². The van der Waals surface area contributed by atoms with Gasteiger partial charge in [-0.05, 0) is 34.7 Å². The first-order valence-corrected chi connectivity index (χ1v) is 6.58. The van der Waals surface area contributed by atoms with Crippen LogP contribution in [0.3, 0.4) is 0 Å². The summed E-state index contributed by atoms with van der Waals surface area (Å²) in [5.74, 6) is 1.65. The van der Waals surface area contributed by atoms with E-state index in [2.05, 4.69) is 20.4 Å². The van der Waals surface area contributed by atoms with Crippen molar-refractivity contribution in [2.75, 3.05) is 33.4 Å². The van der Waals surface area contributed by atoms with E-state index in [0.717, 1.165) is 50.1 Å². The Kier molecular flexibility index (Phi) is 3.89. The molecule has 0 saturated carbocycles. The molecule has 2 heterocycles. The lowest BCUT2D eigenvalue weighted by Crippen LogP contribution is -2.36. The molecule has 0 spiro atoms. The Bertz CT molecular complexity index is 548. The largest absolute Gasteiger partial charge is 0.497 e. The minimum Gasteiger partial charge on any atom is -0.497 e. The van der Waals surface area contributed by atoms with E-state index >= 15 is 0 Å². The summed E-state index contributed by atoms with van der Waals surface area (Å²) in [5, 5.41) is 12.0. The van der Waals surface area contributed by atoms with E-state index in [1.165, 1.54) is 0 Å². The van der Waals surface area contributed by atoms with Crippen molar-refractivity contribution >= 4 is 0 Å². The number of rotatable bonds is 4. The van der Waals surface area contributed by atoms with Crippen molar-refractivity contribution in [2.24, 2.45) is 0 Å². The van der Waals surface area contributed by atoms with Crippen LogP contribution in [0.25, 0.3) is 5.69 Å². The SMILES string of the molecule is COc1ccc(-n2nnnc2CN2CCOCC2)cc1. The Morgan fingerprint density at radius 1 is 1.20 bits per heavy atom. The molecule has 2 aromatic rings. The summed E-state index contributed by atoms with van der Waals surface area (Å²) in [7, 11) is 1.65. The fourth-order valence-electron chi connectivity index (χ4n) is 2.19. The predicted molar refractivity (Wildman–Crippen MR) is 71.8 cm³/mol. The quantitative estimate of drug-likeness (QED) is 0.809. The number of nitrogens with zero attached hydrogens (tertiary/aromatic N) is 5. The second-order valence-corrected chi connectivity index (χ2v) is 4.59. The summed E-state index contributed by atoms with van der Waals surface area (Å²) in [4.78, 5) is 2.29. The van der Waals surface area contributed by atoms with Crippen molar-refractivity contribution in [1.29, 1.82) is 0 Å². The molecule has 3 rings (SSSR count). The van der Waals surface area contributed by atoms with E-state index in [1.54, 1.807) is 11.8 Å². The zero-order valence-corrected chi connectivity index (χ0v) is 11.4. The van der Waals surface area contributed by atoms with E-state index in [0.29, 0.717) is 0 Å². The van der Waals surface area contributed by atoms with Crippen LogP contribution in [0.5, 0.6) is 5.75 Å². The summed E-state index contributed by atoms with van der Waals surface area (Å²) in [6.07, 6.45) is 0. The molecular formula is C13H17N5O2. The first-order chi connectivity index (χ1) is 9.86. The van der Waals surface area contributed by atoms with Crippen molar-refractivity contribution in [3.05, 3.63) is 30.1 Å². The minimum absolute atomic E-state index is 0.725. The van der Waals surface area contributed by atoms with Crippen LogP contribution in [0.2, 0.25) is 0 Å². The smallest absolute Gasteiger partial charge is 0.170 e. The number of ether oxygens (including phenoxy) is 2. The van der Waals surface area contributed by atoms with Gasteiger partial charge < -0.3 is 9.47 Å². The highest BCUT2D eigenvalue weighted by Gasteiger charge is 2.15. The van der Waals surface area contributed by atoms with Gasteiger partial charge in [0.25, 0.3) is 0 Å². The second-order valence-electron chi connectivity index (χ2n) is 4.59. The number of tetrazole rings is 1. The van der Waals surface area contributed by atoms with Crippen molar-refractivity contribution in [2.45, 2.75) is 6.54 Å². The highest BCUT2D eigenvalue weighted by atomic mass is 16.5. The molecule has 0 atom stereocenters. The van der Waals surface area contributed by atoms with Crippen LogP contribution in [0.15, 0.2) is 24.3 Å². The van der Waals surface area contributed by atoms with Crippen LogP contribution < -0.4 is 4.74 Å². The fraction of sp³-hybridized carbons (Fsp3) is 0.462. The molecule has 1 aromatic carbocycles. The van der Waals surface area contributed by atoms with Crippen molar-refractivity contribution < 1.29 is 9.47 Å². The van der Waals surface area contributed by atoms with Crippen LogP contribution in [-0.4, -0.2) is 58.5 Å². The van der Waals surface area contributed by atoms with Crippen LogP contribution in [0.4, 0.5) is 0 Å². The lowest BCUT2D eigenvalue weighted by molar-refractivity contribution is 0.0327. The fourth-order valence-corrected chi connectivity index (χ4v) is 2.19. The van der Waals surface area contributed by atoms with Crippen LogP contribution >= 0.6 is 0 Å². The first-order valence-electron chi connectivity index (χ1n) is 6.58. The molecule has 20 heavy (non-hydrogen) atoms. The maximum absolute atomic E-state index is 5.35. The van der Waals surface area contributed by atoms with Crippen molar-refractivity contribution in [3.63, 3.8) is 0 Å². The molecule has 0 radical (unpaired) electrons. The Labute approximate surface area is 117 Å². The molecule has 1 aliphatic heterocycles. The van der Waals surface area contributed by atoms with Crippen LogP contribution in [0, 0.1) is 0 Å². The summed E-state index contributed by atoms with van der Waals surface area (Å²) < 4.78 is 12.3. The van der Waals surface area contributed by atoms with Gasteiger partial charge in [-0.1, -0.05) is 0 Å². The standard InChI is InChI=1S/C13H17N5O2/c1-19-12-4-2-11(3-5-12)18-13(14-15-16-18)10-17-6-8-20-9-7-17/h2-5H,6-10H2,1H3. The average molecular weight is 275 g/mol. The maximum Gasteiger partial charge on any atom is 0.170 e. The van der Waals surface area contributed by atoms with Gasteiger partial charge in [-0.15, -0.1) is 5.10 Å². The molecule has 7 heteroatoms. The first kappa shape index (κ1) is 13.0. The van der Waals surface area contributed by atoms with Gasteiger partial charge in [-0.25, -0.2) is 0 Å². The molecule has 106 valence electrons. The third kappa shape index (κ3) is 2.78. The molecule has 1 aromatic heterocycles. The van der Waals surface area contributed by atoms with Crippen molar-refractivity contribution in [3.8, 4) is 11.4 Å². The van der Waals surface area contributed by atoms with Crippen molar-refractivity contribution in [1.82, 2.24) is 25.1 Å². The Morgan fingerprint density at radius 2 is 1.95 bits per heavy atom. The van der Waals surface area contributed by atoms with E-state index in [1.807, 2.05) is 24.3 Å². The third-order valence-electron chi connectivity index (χ3n) is 3.32. The van der Waals surface area contributed by atoms with Gasteiger partial charge >= 0.3 is 0 Å². The van der Waals surface area contributed by atoms with E-state index in [9.17, 15) is 0 Å². The van der Waals surface area contributed by atoms with Crippen LogP contribution in [0.1, 0.15) is 5.82 Å². The topological polar surface area (TPSA) is 65.3 Å². The Morgan fingerprint density at radius 3 is 2.65 bits per heavy atom. The van der Waals surface area contributed by atoms with Gasteiger partial charge in [-0.3, -0.25) is 4.90 Å². The summed E-state index contributed by atoms with van der Waals surface area (Å²) >= 11 is 0. The summed E-state index contributed by atoms with van der Waals surface area (Å²) in [6, 6.07) is 7.68. The Hall–Kier alpha value is -1.99. The number of methoxy groups -OCH3 is 1. The zero-order valence-electron chi connectivity index (χ0n) is 11.4. The molecule has 1 fully saturated rings. The minimum atomic E-state index is 0.725. The average Bonchev–Trinajstić information content (AvgIpc) is 2.96. The van der Waals surface area contributed by atoms with Gasteiger partial charge in [0.1, 0.15) is 5.75 Å². The summed E-state index contributed by atoms with van der Waals surface area (Å²) in [6.45, 7) is 4.08. The molecular weight excluding hydrogens is 258 g/mol. The summed E-state index contributed by atoms with van der Waals surface area (Å²) in [5.41, 5.74) is 0.930. The lowest BCUT2D eigenvalue weighted by Gasteiger charge is -2.25. The van der Waals surface area contributed by atoms with Gasteiger partial charge in [-0.2, -0.15) is 4.68 Å². The molecule has 1 saturated heterocycles. The molecule has 0 bridgehead atoms. The number of hydrogen-bond donors (Lipinski definition) is 0. The van der Waals surface area contributed by atoms with Gasteiger partial charge in [0, 0.05) is 13.1 Å². The number of morpholine rings is 1. The number of benzene rings is 1. The molecule has 0 aliphatic carbocycles. The molecule has 0 unspecified atom stereocenters. The number of aromatic nitrogens is 4. The highest BCUT2D eigenvalue weighted by molar-refractivity contribution is 5.36. The van der Waals surface area contributed by atoms with Gasteiger partial charge in [0.05, 0.1) is 32.6 Å². The molecule has 0 N–H and O–H groups in total. The van der Waals surface area contributed by atoms with Gasteiger partial charge in [0.2, 0.25) is 0 Å². The van der Waals surface area contributed by atoms with E-state index in [4.69, 9.17) is 9.47 Å². The van der Waals surface area contributed by atoms with Crippen LogP contribution in [-0.2, 0) is 11.3 Å². The van der Waals surface area contributed by atoms with E-state index in [-0.39, 0.29) is 0 Å². The molecule has 1 aliphatic rings. The van der Waals surface area contributed by atoms with Gasteiger partial charge in [0.15, 0.2) is 5.82 Å². The Balaban J connectivity index is 1.77. The monoisotopic (exact) mass is 275 g/mol. The normalized spacial score (nSPS) is 16.2. The predicted octanol–water partition coefficient (Wildman–Crippen LogP) is 0.503. The second kappa shape index (κ2) is 5.98. The molecule has 7 nitrogen and oxygen atoms in total.